The molecule has 0 saturated heterocycles. The highest BCUT2D eigenvalue weighted by molar-refractivity contribution is 7.88. The Bertz CT molecular complexity index is 2140. The second-order valence-electron chi connectivity index (χ2n) is 10.9. The van der Waals surface area contributed by atoms with E-state index < -0.39 is 15.8 Å². The fourth-order valence-corrected chi connectivity index (χ4v) is 5.51. The first-order valence-corrected chi connectivity index (χ1v) is 15.5. The van der Waals surface area contributed by atoms with E-state index in [0.29, 0.717) is 28.1 Å². The van der Waals surface area contributed by atoms with Crippen LogP contribution in [-0.2, 0) is 21.4 Å². The number of nitrogens with one attached hydrogen (secondary N) is 4. The summed E-state index contributed by atoms with van der Waals surface area (Å²) in [6.45, 7) is 0.227. The first kappa shape index (κ1) is 29.1. The number of benzene rings is 2. The zero-order valence-electron chi connectivity index (χ0n) is 24.1. The quantitative estimate of drug-likeness (QED) is 0.188. The lowest BCUT2D eigenvalue weighted by molar-refractivity contribution is -0.116. The topological polar surface area (TPSA) is 149 Å². The van der Waals surface area contributed by atoms with Crippen molar-refractivity contribution in [2.24, 2.45) is 0 Å². The summed E-state index contributed by atoms with van der Waals surface area (Å²) in [4.78, 5) is 26.1. The summed E-state index contributed by atoms with van der Waals surface area (Å²) in [6, 6.07) is 14.2. The average Bonchev–Trinajstić information content (AvgIpc) is 3.59. The van der Waals surface area contributed by atoms with Gasteiger partial charge >= 0.3 is 0 Å². The molecule has 1 amide bonds. The van der Waals surface area contributed by atoms with E-state index in [1.54, 1.807) is 35.8 Å². The molecule has 0 spiro atoms. The lowest BCUT2D eigenvalue weighted by Crippen LogP contribution is -2.27. The van der Waals surface area contributed by atoms with Gasteiger partial charge in [0, 0.05) is 40.8 Å². The van der Waals surface area contributed by atoms with Crippen LogP contribution in [0.25, 0.3) is 55.4 Å². The van der Waals surface area contributed by atoms with Crippen molar-refractivity contribution < 1.29 is 17.6 Å². The number of fused-ring (bicyclic) bond motifs is 2. The van der Waals surface area contributed by atoms with Crippen molar-refractivity contribution in [3.05, 3.63) is 84.7 Å². The van der Waals surface area contributed by atoms with Crippen LogP contribution in [0.3, 0.4) is 0 Å². The number of hydrogen-bond donors (Lipinski definition) is 4. The Kier molecular flexibility index (Phi) is 7.67. The van der Waals surface area contributed by atoms with E-state index in [-0.39, 0.29) is 19.0 Å². The molecule has 0 aliphatic rings. The van der Waals surface area contributed by atoms with Crippen molar-refractivity contribution in [3.63, 3.8) is 0 Å². The second kappa shape index (κ2) is 11.6. The Morgan fingerprint density at radius 2 is 1.73 bits per heavy atom. The fourth-order valence-electron chi connectivity index (χ4n) is 5.08. The third-order valence-electron chi connectivity index (χ3n) is 6.99. The highest BCUT2D eigenvalue weighted by Gasteiger charge is 2.16. The Balaban J connectivity index is 1.36. The smallest absolute Gasteiger partial charge is 0.238 e. The number of sulfonamides is 1. The number of likely N-dealkylation sites (N-methyl/N-ethyl adjacent to an activating group) is 1. The Morgan fingerprint density at radius 1 is 0.909 bits per heavy atom. The number of aromatic amines is 2. The van der Waals surface area contributed by atoms with Gasteiger partial charge in [0.05, 0.1) is 47.6 Å². The maximum Gasteiger partial charge on any atom is 0.238 e. The monoisotopic (exact) mass is 612 g/mol. The number of nitrogens with zero attached hydrogens (tertiary/aromatic N) is 4. The van der Waals surface area contributed by atoms with Crippen LogP contribution in [0.1, 0.15) is 5.56 Å². The molecule has 224 valence electrons. The third kappa shape index (κ3) is 6.34. The molecule has 0 saturated carbocycles. The third-order valence-corrected chi connectivity index (χ3v) is 7.65. The maximum atomic E-state index is 14.6. The van der Waals surface area contributed by atoms with Crippen LogP contribution in [-0.4, -0.2) is 71.3 Å². The van der Waals surface area contributed by atoms with Crippen LogP contribution in [0, 0.1) is 5.82 Å². The van der Waals surface area contributed by atoms with Gasteiger partial charge in [0.25, 0.3) is 0 Å². The molecule has 2 aromatic carbocycles. The Morgan fingerprint density at radius 3 is 2.52 bits per heavy atom. The summed E-state index contributed by atoms with van der Waals surface area (Å²) in [5.74, 6) is -0.614. The van der Waals surface area contributed by atoms with Crippen molar-refractivity contribution in [3.8, 4) is 33.6 Å². The molecule has 0 aliphatic heterocycles. The Labute approximate surface area is 252 Å². The molecule has 6 rings (SSSR count). The maximum absolute atomic E-state index is 14.6. The molecule has 4 N–H and O–H groups in total. The molecule has 0 radical (unpaired) electrons. The standard InChI is InChI=1S/C31H29FN8O3S/c1-40(2)17-30(41)36-23-9-21(13-33-14-23)19-4-5-27-25(10-19)31(39-38-27)28-11-24-26(15-34-16-29(24)37-28)20-6-18(7-22(32)8-20)12-35-44(3,42)43/h4-11,13-16,35,37H,12,17H2,1-3H3,(H,36,41)(H,38,39). The zero-order valence-corrected chi connectivity index (χ0v) is 25.0. The van der Waals surface area contributed by atoms with E-state index in [1.165, 1.54) is 12.1 Å². The summed E-state index contributed by atoms with van der Waals surface area (Å²) in [6.07, 6.45) is 7.75. The number of anilines is 1. The van der Waals surface area contributed by atoms with Gasteiger partial charge in [-0.15, -0.1) is 0 Å². The van der Waals surface area contributed by atoms with E-state index in [9.17, 15) is 17.6 Å². The normalized spacial score (nSPS) is 11.9. The number of aromatic nitrogens is 5. The highest BCUT2D eigenvalue weighted by Crippen LogP contribution is 2.35. The number of rotatable bonds is 9. The van der Waals surface area contributed by atoms with E-state index in [0.717, 1.165) is 44.9 Å². The molecule has 6 aromatic rings. The molecule has 11 nitrogen and oxygen atoms in total. The number of hydrogen-bond acceptors (Lipinski definition) is 7. The van der Waals surface area contributed by atoms with Crippen LogP contribution < -0.4 is 10.0 Å². The van der Waals surface area contributed by atoms with E-state index in [1.807, 2.05) is 44.4 Å². The van der Waals surface area contributed by atoms with Crippen LogP contribution in [0.2, 0.25) is 0 Å². The predicted octanol–water partition coefficient (Wildman–Crippen LogP) is 4.52. The van der Waals surface area contributed by atoms with Gasteiger partial charge in [0.15, 0.2) is 0 Å². The Hall–Kier alpha value is -4.98. The van der Waals surface area contributed by atoms with Gasteiger partial charge in [-0.3, -0.25) is 19.9 Å². The molecule has 4 heterocycles. The summed E-state index contributed by atoms with van der Waals surface area (Å²) < 4.78 is 40.1. The minimum absolute atomic E-state index is 0.0339. The number of H-pyrrole nitrogens is 2. The van der Waals surface area contributed by atoms with Gasteiger partial charge in [0.1, 0.15) is 11.5 Å². The lowest BCUT2D eigenvalue weighted by atomic mass is 10.0. The first-order chi connectivity index (χ1) is 21.0. The zero-order chi connectivity index (χ0) is 31.0. The molecule has 0 aliphatic carbocycles. The van der Waals surface area contributed by atoms with Crippen LogP contribution in [0.4, 0.5) is 10.1 Å². The first-order valence-electron chi connectivity index (χ1n) is 13.6. The molecule has 13 heteroatoms. The van der Waals surface area contributed by atoms with Gasteiger partial charge in [-0.1, -0.05) is 6.07 Å². The number of amides is 1. The molecule has 4 aromatic heterocycles. The molecular weight excluding hydrogens is 583 g/mol. The minimum Gasteiger partial charge on any atom is -0.352 e. The van der Waals surface area contributed by atoms with Gasteiger partial charge < -0.3 is 15.2 Å². The molecule has 0 bridgehead atoms. The second-order valence-corrected chi connectivity index (χ2v) is 12.7. The summed E-state index contributed by atoms with van der Waals surface area (Å²) in [5, 5.41) is 12.2. The van der Waals surface area contributed by atoms with Crippen LogP contribution >= 0.6 is 0 Å². The van der Waals surface area contributed by atoms with Crippen molar-refractivity contribution >= 4 is 43.4 Å². The fraction of sp³-hybridized carbons (Fsp3) is 0.161. The number of carbonyl (C=O) groups is 1. The van der Waals surface area contributed by atoms with Crippen LogP contribution in [0.5, 0.6) is 0 Å². The van der Waals surface area contributed by atoms with Crippen molar-refractivity contribution in [1.29, 1.82) is 0 Å². The largest absolute Gasteiger partial charge is 0.352 e. The summed E-state index contributed by atoms with van der Waals surface area (Å²) in [5.41, 5.74) is 7.04. The van der Waals surface area contributed by atoms with Gasteiger partial charge in [0.2, 0.25) is 15.9 Å². The van der Waals surface area contributed by atoms with Crippen LogP contribution in [0.15, 0.2) is 73.3 Å². The SMILES string of the molecule is CN(C)CC(=O)Nc1cncc(-c2ccc3[nH]nc(-c4cc5c(-c6cc(F)cc(CNS(C)(=O)=O)c6)cncc5[nH]4)c3c2)c1. The number of carbonyl (C=O) groups excluding carboxylic acids is 1. The van der Waals surface area contributed by atoms with E-state index in [4.69, 9.17) is 0 Å². The van der Waals surface area contributed by atoms with Crippen molar-refractivity contribution in [2.75, 3.05) is 32.2 Å². The molecule has 0 fully saturated rings. The van der Waals surface area contributed by atoms with Gasteiger partial charge in [-0.2, -0.15) is 5.10 Å². The van der Waals surface area contributed by atoms with E-state index >= 15 is 0 Å². The average molecular weight is 613 g/mol. The molecular formula is C31H29FN8O3S. The highest BCUT2D eigenvalue weighted by atomic mass is 32.2. The number of pyridine rings is 2. The van der Waals surface area contributed by atoms with Crippen molar-refractivity contribution in [1.82, 2.24) is 34.8 Å². The molecule has 0 atom stereocenters. The van der Waals surface area contributed by atoms with Crippen molar-refractivity contribution in [2.45, 2.75) is 6.54 Å². The summed E-state index contributed by atoms with van der Waals surface area (Å²) >= 11 is 0. The molecule has 44 heavy (non-hydrogen) atoms. The molecule has 0 unspecified atom stereocenters. The lowest BCUT2D eigenvalue weighted by Gasteiger charge is -2.11. The predicted molar refractivity (Wildman–Crippen MR) is 169 cm³/mol. The van der Waals surface area contributed by atoms with Gasteiger partial charge in [-0.25, -0.2) is 17.5 Å². The summed E-state index contributed by atoms with van der Waals surface area (Å²) in [7, 11) is 0.218. The number of halogens is 1. The van der Waals surface area contributed by atoms with E-state index in [2.05, 4.69) is 35.2 Å². The minimum atomic E-state index is -3.44. The van der Waals surface area contributed by atoms with Gasteiger partial charge in [-0.05, 0) is 73.3 Å².